The third-order valence-electron chi connectivity index (χ3n) is 5.23. The van der Waals surface area contributed by atoms with Gasteiger partial charge < -0.3 is 10.6 Å². The summed E-state index contributed by atoms with van der Waals surface area (Å²) in [5.74, 6) is 0. The zero-order valence-corrected chi connectivity index (χ0v) is 17.8. The van der Waals surface area contributed by atoms with Crippen LogP contribution >= 0.6 is 0 Å². The lowest BCUT2D eigenvalue weighted by Crippen LogP contribution is -2.42. The molecular weight excluding hydrogens is 364 g/mol. The molecule has 0 spiro atoms. The maximum absolute atomic E-state index is 12.4. The number of nitrogens with zero attached hydrogens (tertiary/aromatic N) is 4. The molecule has 29 heavy (non-hydrogen) atoms. The third-order valence-corrected chi connectivity index (χ3v) is 5.23. The van der Waals surface area contributed by atoms with Crippen molar-refractivity contribution in [3.05, 3.63) is 70.8 Å². The molecule has 0 bridgehead atoms. The van der Waals surface area contributed by atoms with Crippen LogP contribution in [0.1, 0.15) is 48.0 Å². The van der Waals surface area contributed by atoms with Crippen molar-refractivity contribution in [2.45, 2.75) is 52.7 Å². The number of aromatic nitrogens is 4. The minimum Gasteiger partial charge on any atom is -0.335 e. The number of hydrogen-bond acceptors (Lipinski definition) is 3. The maximum Gasteiger partial charge on any atom is 0.315 e. The lowest BCUT2D eigenvalue weighted by atomic mass is 10.1. The van der Waals surface area contributed by atoms with Gasteiger partial charge in [0.1, 0.15) is 0 Å². The van der Waals surface area contributed by atoms with Crippen molar-refractivity contribution in [3.63, 3.8) is 0 Å². The predicted molar refractivity (Wildman–Crippen MR) is 114 cm³/mol. The van der Waals surface area contributed by atoms with Gasteiger partial charge in [-0.3, -0.25) is 9.36 Å². The van der Waals surface area contributed by atoms with E-state index in [2.05, 4.69) is 39.9 Å². The van der Waals surface area contributed by atoms with Crippen molar-refractivity contribution in [3.8, 4) is 0 Å². The van der Waals surface area contributed by atoms with Crippen LogP contribution in [0.4, 0.5) is 4.79 Å². The molecule has 2 amide bonds. The van der Waals surface area contributed by atoms with Crippen molar-refractivity contribution in [2.24, 2.45) is 7.05 Å². The van der Waals surface area contributed by atoms with Crippen LogP contribution in [0.5, 0.6) is 0 Å². The van der Waals surface area contributed by atoms with Gasteiger partial charge in [0.2, 0.25) is 0 Å². The number of carbonyl (C=O) groups is 1. The standard InChI is InChI=1S/C22H30N6O/c1-15(11-21-17(3)26-27(5)18(21)4)24-22(29)25-16(2)20-12-23-28(14-20)13-19-9-7-6-8-10-19/h6-10,12,14-16H,11,13H2,1-5H3,(H2,24,25,29)/t15-,16-/m1/s1. The molecule has 2 N–H and O–H groups in total. The molecule has 0 aliphatic heterocycles. The molecule has 2 aromatic heterocycles. The summed E-state index contributed by atoms with van der Waals surface area (Å²) < 4.78 is 3.77. The first-order valence-electron chi connectivity index (χ1n) is 9.96. The Bertz CT molecular complexity index is 959. The first-order valence-corrected chi connectivity index (χ1v) is 9.96. The highest BCUT2D eigenvalue weighted by atomic mass is 16.2. The summed E-state index contributed by atoms with van der Waals surface area (Å²) in [5.41, 5.74) is 5.50. The van der Waals surface area contributed by atoms with Crippen molar-refractivity contribution in [2.75, 3.05) is 0 Å². The lowest BCUT2D eigenvalue weighted by Gasteiger charge is -2.18. The van der Waals surface area contributed by atoms with Gasteiger partial charge in [-0.15, -0.1) is 0 Å². The summed E-state index contributed by atoms with van der Waals surface area (Å²) in [6.45, 7) is 8.74. The molecule has 154 valence electrons. The monoisotopic (exact) mass is 394 g/mol. The van der Waals surface area contributed by atoms with E-state index in [1.165, 1.54) is 11.1 Å². The molecule has 1 aromatic carbocycles. The SMILES string of the molecule is Cc1nn(C)c(C)c1C[C@@H](C)NC(=O)N[C@H](C)c1cnn(Cc2ccccc2)c1. The van der Waals surface area contributed by atoms with Crippen LogP contribution in [0, 0.1) is 13.8 Å². The van der Waals surface area contributed by atoms with Crippen molar-refractivity contribution in [1.29, 1.82) is 0 Å². The van der Waals surface area contributed by atoms with Crippen molar-refractivity contribution in [1.82, 2.24) is 30.2 Å². The predicted octanol–water partition coefficient (Wildman–Crippen LogP) is 3.27. The Morgan fingerprint density at radius 1 is 1.14 bits per heavy atom. The number of benzene rings is 1. The molecule has 0 aliphatic carbocycles. The average molecular weight is 395 g/mol. The highest BCUT2D eigenvalue weighted by molar-refractivity contribution is 5.74. The van der Waals surface area contributed by atoms with E-state index in [1.54, 1.807) is 6.20 Å². The van der Waals surface area contributed by atoms with Gasteiger partial charge in [0.15, 0.2) is 0 Å². The Morgan fingerprint density at radius 2 is 1.86 bits per heavy atom. The number of amides is 2. The molecule has 3 rings (SSSR count). The molecule has 0 saturated carbocycles. The molecular formula is C22H30N6O. The second-order valence-electron chi connectivity index (χ2n) is 7.67. The van der Waals surface area contributed by atoms with Crippen LogP contribution < -0.4 is 10.6 Å². The zero-order chi connectivity index (χ0) is 21.0. The van der Waals surface area contributed by atoms with Crippen molar-refractivity contribution < 1.29 is 4.79 Å². The summed E-state index contributed by atoms with van der Waals surface area (Å²) in [4.78, 5) is 12.4. The Kier molecular flexibility index (Phi) is 6.36. The lowest BCUT2D eigenvalue weighted by molar-refractivity contribution is 0.234. The van der Waals surface area contributed by atoms with Gasteiger partial charge in [-0.2, -0.15) is 10.2 Å². The largest absolute Gasteiger partial charge is 0.335 e. The molecule has 7 nitrogen and oxygen atoms in total. The topological polar surface area (TPSA) is 76.8 Å². The van der Waals surface area contributed by atoms with Crippen LogP contribution in [-0.4, -0.2) is 31.6 Å². The van der Waals surface area contributed by atoms with E-state index in [-0.39, 0.29) is 18.1 Å². The minimum absolute atomic E-state index is 0.00426. The van der Waals surface area contributed by atoms with Gasteiger partial charge in [0.05, 0.1) is 24.5 Å². The fourth-order valence-corrected chi connectivity index (χ4v) is 3.48. The fourth-order valence-electron chi connectivity index (χ4n) is 3.48. The van der Waals surface area contributed by atoms with Crippen LogP contribution in [-0.2, 0) is 20.0 Å². The average Bonchev–Trinajstić information content (AvgIpc) is 3.23. The maximum atomic E-state index is 12.4. The number of urea groups is 1. The van der Waals surface area contributed by atoms with E-state index in [4.69, 9.17) is 0 Å². The smallest absolute Gasteiger partial charge is 0.315 e. The van der Waals surface area contributed by atoms with E-state index in [0.717, 1.165) is 23.4 Å². The molecule has 7 heteroatoms. The van der Waals surface area contributed by atoms with Crippen LogP contribution in [0.25, 0.3) is 0 Å². The van der Waals surface area contributed by atoms with Gasteiger partial charge in [0.25, 0.3) is 0 Å². The normalized spacial score (nSPS) is 13.1. The molecule has 0 radical (unpaired) electrons. The number of rotatable bonds is 7. The quantitative estimate of drug-likeness (QED) is 0.646. The van der Waals surface area contributed by atoms with E-state index < -0.39 is 0 Å². The van der Waals surface area contributed by atoms with Gasteiger partial charge in [-0.25, -0.2) is 4.79 Å². The highest BCUT2D eigenvalue weighted by Crippen LogP contribution is 2.15. The zero-order valence-electron chi connectivity index (χ0n) is 17.8. The number of nitrogens with one attached hydrogen (secondary N) is 2. The van der Waals surface area contributed by atoms with E-state index >= 15 is 0 Å². The summed E-state index contributed by atoms with van der Waals surface area (Å²) in [6.07, 6.45) is 4.53. The molecule has 2 heterocycles. The minimum atomic E-state index is -0.181. The van der Waals surface area contributed by atoms with Crippen LogP contribution in [0.15, 0.2) is 42.7 Å². The summed E-state index contributed by atoms with van der Waals surface area (Å²) in [5, 5.41) is 14.9. The van der Waals surface area contributed by atoms with Crippen molar-refractivity contribution >= 4 is 6.03 Å². The molecule has 0 saturated heterocycles. The Morgan fingerprint density at radius 3 is 2.52 bits per heavy atom. The van der Waals surface area contributed by atoms with Gasteiger partial charge >= 0.3 is 6.03 Å². The fraction of sp³-hybridized carbons (Fsp3) is 0.409. The van der Waals surface area contributed by atoms with E-state index in [9.17, 15) is 4.79 Å². The highest BCUT2D eigenvalue weighted by Gasteiger charge is 2.16. The summed E-state index contributed by atoms with van der Waals surface area (Å²) >= 11 is 0. The molecule has 0 aliphatic rings. The molecule has 0 fully saturated rings. The second kappa shape index (κ2) is 8.94. The summed E-state index contributed by atoms with van der Waals surface area (Å²) in [7, 11) is 1.94. The molecule has 3 aromatic rings. The van der Waals surface area contributed by atoms with Crippen LogP contribution in [0.3, 0.4) is 0 Å². The van der Waals surface area contributed by atoms with Gasteiger partial charge in [0, 0.05) is 30.5 Å². The molecule has 0 unspecified atom stereocenters. The van der Waals surface area contributed by atoms with Crippen LogP contribution in [0.2, 0.25) is 0 Å². The van der Waals surface area contributed by atoms with E-state index in [0.29, 0.717) is 6.54 Å². The number of hydrogen-bond donors (Lipinski definition) is 2. The Hall–Kier alpha value is -3.09. The van der Waals surface area contributed by atoms with Gasteiger partial charge in [-0.1, -0.05) is 30.3 Å². The first-order chi connectivity index (χ1) is 13.8. The van der Waals surface area contributed by atoms with Gasteiger partial charge in [-0.05, 0) is 45.2 Å². The second-order valence-corrected chi connectivity index (χ2v) is 7.67. The Labute approximate surface area is 172 Å². The summed E-state index contributed by atoms with van der Waals surface area (Å²) in [6, 6.07) is 9.87. The third kappa shape index (κ3) is 5.25. The Balaban J connectivity index is 1.52. The number of aryl methyl sites for hydroxylation is 2. The van der Waals surface area contributed by atoms with E-state index in [1.807, 2.05) is 61.6 Å². The number of carbonyl (C=O) groups excluding carboxylic acids is 1. The molecule has 2 atom stereocenters. The first kappa shape index (κ1) is 20.6.